The molecule has 0 aliphatic carbocycles. The first kappa shape index (κ1) is 29.2. The number of nitrogens with one attached hydrogen (secondary N) is 3. The first-order valence-electron chi connectivity index (χ1n) is 13.7. The first-order valence-corrected chi connectivity index (χ1v) is 13.7. The van der Waals surface area contributed by atoms with E-state index in [1.54, 1.807) is 6.92 Å². The second-order valence-corrected chi connectivity index (χ2v) is 11.2. The van der Waals surface area contributed by atoms with Gasteiger partial charge >= 0.3 is 0 Å². The molecule has 5 bridgehead atoms. The van der Waals surface area contributed by atoms with Gasteiger partial charge in [-0.05, 0) is 65.2 Å². The van der Waals surface area contributed by atoms with Gasteiger partial charge in [0.2, 0.25) is 12.0 Å². The zero-order valence-corrected chi connectivity index (χ0v) is 23.7. The molecule has 5 atom stereocenters. The number of amides is 3. The zero-order chi connectivity index (χ0) is 29.2. The van der Waals surface area contributed by atoms with Crippen LogP contribution in [-0.4, -0.2) is 63.7 Å². The number of ether oxygens (including phenoxy) is 1. The van der Waals surface area contributed by atoms with Gasteiger partial charge in [0.05, 0.1) is 29.1 Å². The van der Waals surface area contributed by atoms with Crippen molar-refractivity contribution < 1.29 is 24.2 Å². The van der Waals surface area contributed by atoms with Crippen molar-refractivity contribution in [2.75, 3.05) is 6.54 Å². The van der Waals surface area contributed by atoms with Crippen molar-refractivity contribution in [1.82, 2.24) is 26.1 Å². The van der Waals surface area contributed by atoms with Crippen LogP contribution in [0.1, 0.15) is 64.8 Å². The topological polar surface area (TPSA) is 133 Å². The fourth-order valence-electron chi connectivity index (χ4n) is 4.68. The number of carbonyl (C=O) groups is 3. The van der Waals surface area contributed by atoms with Gasteiger partial charge in [-0.1, -0.05) is 36.9 Å². The number of pyridine rings is 1. The number of benzene rings is 1. The van der Waals surface area contributed by atoms with Crippen molar-refractivity contribution in [1.29, 1.82) is 0 Å². The molecule has 3 amide bonds. The van der Waals surface area contributed by atoms with Gasteiger partial charge in [0.15, 0.2) is 0 Å². The average molecular weight is 550 g/mol. The van der Waals surface area contributed by atoms with Gasteiger partial charge in [-0.25, -0.2) is 5.43 Å². The number of fused-ring (bicyclic) bond motifs is 4. The highest BCUT2D eigenvalue weighted by Gasteiger charge is 2.35. The molecule has 0 saturated carbocycles. The van der Waals surface area contributed by atoms with Crippen molar-refractivity contribution in [3.05, 3.63) is 60.0 Å². The maximum atomic E-state index is 13.2. The van der Waals surface area contributed by atoms with E-state index >= 15 is 0 Å². The number of aliphatic hydroxyl groups is 1. The van der Waals surface area contributed by atoms with E-state index in [4.69, 9.17) is 9.72 Å². The van der Waals surface area contributed by atoms with E-state index < -0.39 is 41.5 Å². The summed E-state index contributed by atoms with van der Waals surface area (Å²) in [6, 6.07) is 7.90. The highest BCUT2D eigenvalue weighted by molar-refractivity contribution is 5.90. The van der Waals surface area contributed by atoms with Gasteiger partial charge in [-0.15, -0.1) is 0 Å². The van der Waals surface area contributed by atoms with Crippen molar-refractivity contribution in [2.45, 2.75) is 77.8 Å². The number of rotatable bonds is 1. The van der Waals surface area contributed by atoms with Gasteiger partial charge in [-0.2, -0.15) is 0 Å². The molecular formula is C30H39N5O5. The summed E-state index contributed by atoms with van der Waals surface area (Å²) in [5, 5.41) is 18.3. The van der Waals surface area contributed by atoms with E-state index in [9.17, 15) is 19.5 Å². The van der Waals surface area contributed by atoms with Crippen LogP contribution >= 0.6 is 0 Å². The van der Waals surface area contributed by atoms with E-state index in [0.717, 1.165) is 22.2 Å². The second kappa shape index (κ2) is 11.8. The molecule has 2 aliphatic rings. The Bertz CT molecular complexity index is 1340. The minimum atomic E-state index is -1.28. The molecule has 214 valence electrons. The van der Waals surface area contributed by atoms with Crippen molar-refractivity contribution in [3.8, 4) is 0 Å². The number of aromatic nitrogens is 1. The molecular weight excluding hydrogens is 510 g/mol. The molecule has 10 heteroatoms. The highest BCUT2D eigenvalue weighted by atomic mass is 16.5. The van der Waals surface area contributed by atoms with Gasteiger partial charge in [0.1, 0.15) is 12.1 Å². The number of aliphatic hydroxyl groups excluding tert-OH is 1. The van der Waals surface area contributed by atoms with Gasteiger partial charge in [0.25, 0.3) is 11.8 Å². The Kier molecular flexibility index (Phi) is 8.60. The molecule has 1 fully saturated rings. The molecule has 2 aromatic rings. The second-order valence-electron chi connectivity index (χ2n) is 11.2. The summed E-state index contributed by atoms with van der Waals surface area (Å²) in [6.45, 7) is 13.1. The predicted octanol–water partition coefficient (Wildman–Crippen LogP) is 2.75. The van der Waals surface area contributed by atoms with Gasteiger partial charge < -0.3 is 20.5 Å². The van der Waals surface area contributed by atoms with Crippen LogP contribution in [0, 0.1) is 5.41 Å². The Balaban J connectivity index is 1.70. The molecule has 10 nitrogen and oxygen atoms in total. The molecule has 1 aromatic heterocycles. The van der Waals surface area contributed by atoms with Gasteiger partial charge in [0, 0.05) is 17.3 Å². The number of carbonyl (C=O) groups excluding carboxylic acids is 3. The third-order valence-corrected chi connectivity index (χ3v) is 7.41. The molecule has 0 radical (unpaired) electrons. The number of allylic oxidation sites excluding steroid dienone is 1. The Morgan fingerprint density at radius 3 is 2.52 bits per heavy atom. The van der Waals surface area contributed by atoms with E-state index in [2.05, 4.69) is 22.6 Å². The predicted molar refractivity (Wildman–Crippen MR) is 152 cm³/mol. The van der Waals surface area contributed by atoms with Crippen LogP contribution in [0.2, 0.25) is 0 Å². The van der Waals surface area contributed by atoms with E-state index in [1.165, 1.54) is 11.9 Å². The average Bonchev–Trinajstić information content (AvgIpc) is 2.92. The molecule has 3 heterocycles. The van der Waals surface area contributed by atoms with Gasteiger partial charge in [-0.3, -0.25) is 24.4 Å². The molecule has 2 aliphatic heterocycles. The summed E-state index contributed by atoms with van der Waals surface area (Å²) in [7, 11) is 0. The maximum absolute atomic E-state index is 13.2. The fourth-order valence-corrected chi connectivity index (χ4v) is 4.68. The SMILES string of the molecule is C=C1O[C@@H]([C@@H](C)O)C(=O)N[C@@H](C)C(=O)N2CCC[C@H](N2)C(=O)N[C@H](C)c2ccc3ccc(cc3n2)/C=C/C1(C)C. The van der Waals surface area contributed by atoms with Crippen LogP contribution in [0.4, 0.5) is 0 Å². The third-order valence-electron chi connectivity index (χ3n) is 7.41. The summed E-state index contributed by atoms with van der Waals surface area (Å²) in [4.78, 5) is 44.2. The summed E-state index contributed by atoms with van der Waals surface area (Å²) in [5.74, 6) is -0.995. The lowest BCUT2D eigenvalue weighted by atomic mass is 9.90. The number of hydrogen-bond acceptors (Lipinski definition) is 7. The number of hydrazine groups is 1. The van der Waals surface area contributed by atoms with Crippen LogP contribution < -0.4 is 16.1 Å². The van der Waals surface area contributed by atoms with E-state index in [-0.39, 0.29) is 17.7 Å². The van der Waals surface area contributed by atoms with Crippen LogP contribution in [-0.2, 0) is 19.1 Å². The van der Waals surface area contributed by atoms with Crippen molar-refractivity contribution in [2.24, 2.45) is 5.41 Å². The lowest BCUT2D eigenvalue weighted by Gasteiger charge is -2.35. The maximum Gasteiger partial charge on any atom is 0.264 e. The summed E-state index contributed by atoms with van der Waals surface area (Å²) in [5.41, 5.74) is 4.73. The molecule has 1 saturated heterocycles. The summed E-state index contributed by atoms with van der Waals surface area (Å²) in [6.07, 6.45) is 2.57. The van der Waals surface area contributed by atoms with Crippen molar-refractivity contribution >= 4 is 34.7 Å². The van der Waals surface area contributed by atoms with Crippen LogP contribution in [0.3, 0.4) is 0 Å². The van der Waals surface area contributed by atoms with E-state index in [0.29, 0.717) is 19.4 Å². The van der Waals surface area contributed by atoms with Crippen LogP contribution in [0.5, 0.6) is 0 Å². The Morgan fingerprint density at radius 1 is 1.10 bits per heavy atom. The smallest absolute Gasteiger partial charge is 0.264 e. The first-order chi connectivity index (χ1) is 18.9. The number of nitrogens with zero attached hydrogens (tertiary/aromatic N) is 2. The Labute approximate surface area is 234 Å². The third kappa shape index (κ3) is 6.51. The van der Waals surface area contributed by atoms with Crippen LogP contribution in [0.15, 0.2) is 48.7 Å². The highest BCUT2D eigenvalue weighted by Crippen LogP contribution is 2.30. The monoisotopic (exact) mass is 549 g/mol. The number of hydrogen-bond donors (Lipinski definition) is 4. The Hall–Kier alpha value is -3.76. The fraction of sp³-hybridized carbons (Fsp3) is 0.467. The summed E-state index contributed by atoms with van der Waals surface area (Å²) >= 11 is 0. The minimum absolute atomic E-state index is 0.241. The Morgan fingerprint density at radius 2 is 1.80 bits per heavy atom. The standard InChI is InChI=1S/C30H39N5O5/c1-17-23-12-11-22-10-9-21(16-25(22)33-23)13-14-30(5,6)20(4)40-26(19(3)36)28(38)32-18(2)29(39)35-15-7-8-24(34-35)27(37)31-17/h9-14,16-19,24,26,34,36H,4,7-8,15H2,1-3,5-6H3,(H,31,37)(H,32,38)/b14-13+/t17-,18+,19-,24+,26+/m1/s1. The summed E-state index contributed by atoms with van der Waals surface area (Å²) < 4.78 is 5.89. The molecule has 4 N–H and O–H groups in total. The normalized spacial score (nSPS) is 27.9. The quantitative estimate of drug-likeness (QED) is 0.430. The van der Waals surface area contributed by atoms with Crippen molar-refractivity contribution in [3.63, 3.8) is 0 Å². The lowest BCUT2D eigenvalue weighted by Crippen LogP contribution is -2.61. The largest absolute Gasteiger partial charge is 0.482 e. The minimum Gasteiger partial charge on any atom is -0.482 e. The molecule has 0 spiro atoms. The zero-order valence-electron chi connectivity index (χ0n) is 23.7. The van der Waals surface area contributed by atoms with Crippen LogP contribution in [0.25, 0.3) is 17.0 Å². The molecule has 0 unspecified atom stereocenters. The van der Waals surface area contributed by atoms with E-state index in [1.807, 2.05) is 63.3 Å². The molecule has 1 aromatic carbocycles. The lowest BCUT2D eigenvalue weighted by molar-refractivity contribution is -0.146. The molecule has 4 rings (SSSR count). The molecule has 40 heavy (non-hydrogen) atoms.